The lowest BCUT2D eigenvalue weighted by Crippen LogP contribution is -1.95. The van der Waals surface area contributed by atoms with E-state index in [0.717, 1.165) is 10.8 Å². The summed E-state index contributed by atoms with van der Waals surface area (Å²) in [7, 11) is 0. The van der Waals surface area contributed by atoms with E-state index >= 15 is 0 Å². The second-order valence-electron chi connectivity index (χ2n) is 2.34. The van der Waals surface area contributed by atoms with E-state index in [0.29, 0.717) is 16.3 Å². The predicted octanol–water partition coefficient (Wildman–Crippen LogP) is 3.91. The number of hydrogen-bond acceptors (Lipinski definition) is 3. The third-order valence-corrected chi connectivity index (χ3v) is 3.96. The highest BCUT2D eigenvalue weighted by atomic mass is 35.5. The second kappa shape index (κ2) is 5.32. The molecule has 5 heteroatoms. The molecule has 0 radical (unpaired) electrons. The van der Waals surface area contributed by atoms with E-state index in [2.05, 4.69) is 11.9 Å². The largest absolute Gasteiger partial charge is 0.218 e. The summed E-state index contributed by atoms with van der Waals surface area (Å²) in [5.41, 5.74) is 0. The third kappa shape index (κ3) is 3.52. The summed E-state index contributed by atoms with van der Waals surface area (Å²) in [5, 5.41) is 2.95. The quantitative estimate of drug-likeness (QED) is 0.586. The van der Waals surface area contributed by atoms with Gasteiger partial charge in [0, 0.05) is 16.5 Å². The summed E-state index contributed by atoms with van der Waals surface area (Å²) in [5.74, 6) is 0.702. The Morgan fingerprint density at radius 1 is 1.75 bits per heavy atom. The molecule has 0 saturated heterocycles. The fourth-order valence-electron chi connectivity index (χ4n) is 0.678. The minimum Gasteiger partial charge on any atom is -0.218 e. The van der Waals surface area contributed by atoms with Gasteiger partial charge in [0.25, 0.3) is 0 Å². The average molecular weight is 242 g/mol. The van der Waals surface area contributed by atoms with Crippen LogP contribution in [0.1, 0.15) is 13.3 Å². The van der Waals surface area contributed by atoms with Crippen molar-refractivity contribution >= 4 is 46.3 Å². The van der Waals surface area contributed by atoms with Crippen molar-refractivity contribution in [1.29, 1.82) is 0 Å². The van der Waals surface area contributed by atoms with Crippen LogP contribution in [0.5, 0.6) is 0 Å². The van der Waals surface area contributed by atoms with Gasteiger partial charge in [0.15, 0.2) is 4.34 Å². The first kappa shape index (κ1) is 10.6. The van der Waals surface area contributed by atoms with Crippen molar-refractivity contribution in [2.24, 2.45) is 0 Å². The van der Waals surface area contributed by atoms with Gasteiger partial charge < -0.3 is 0 Å². The van der Waals surface area contributed by atoms with Gasteiger partial charge in [-0.1, -0.05) is 30.3 Å². The highest BCUT2D eigenvalue weighted by Gasteiger charge is 2.06. The van der Waals surface area contributed by atoms with E-state index in [1.165, 1.54) is 0 Å². The molecule has 68 valence electrons. The lowest BCUT2D eigenvalue weighted by molar-refractivity contribution is 0.911. The van der Waals surface area contributed by atoms with Gasteiger partial charge in [-0.15, -0.1) is 22.9 Å². The minimum atomic E-state index is 0.518. The number of aromatic nitrogens is 1. The van der Waals surface area contributed by atoms with Crippen molar-refractivity contribution in [3.8, 4) is 0 Å². The zero-order chi connectivity index (χ0) is 8.97. The molecule has 1 heterocycles. The average Bonchev–Trinajstić information content (AvgIpc) is 2.36. The van der Waals surface area contributed by atoms with Gasteiger partial charge in [0.05, 0.1) is 0 Å². The predicted molar refractivity (Wildman–Crippen MR) is 57.8 cm³/mol. The molecule has 1 nitrogen and oxygen atoms in total. The van der Waals surface area contributed by atoms with Crippen LogP contribution in [-0.4, -0.2) is 16.1 Å². The van der Waals surface area contributed by atoms with Crippen LogP contribution in [0.3, 0.4) is 0 Å². The summed E-state index contributed by atoms with van der Waals surface area (Å²) >= 11 is 14.6. The Hall–Kier alpha value is 0.560. The van der Waals surface area contributed by atoms with E-state index < -0.39 is 0 Å². The van der Waals surface area contributed by atoms with Gasteiger partial charge in [-0.05, 0) is 6.42 Å². The topological polar surface area (TPSA) is 12.9 Å². The van der Waals surface area contributed by atoms with E-state index in [1.54, 1.807) is 23.1 Å². The van der Waals surface area contributed by atoms with E-state index in [1.807, 2.05) is 5.38 Å². The van der Waals surface area contributed by atoms with Gasteiger partial charge in [-0.3, -0.25) is 0 Å². The van der Waals surface area contributed by atoms with Crippen molar-refractivity contribution < 1.29 is 0 Å². The monoisotopic (exact) mass is 241 g/mol. The molecular formula is C7H9Cl2NS2. The second-order valence-corrected chi connectivity index (χ2v) is 5.65. The first-order valence-corrected chi connectivity index (χ1v) is 6.23. The summed E-state index contributed by atoms with van der Waals surface area (Å²) in [6, 6.07) is 0. The standard InChI is InChI=1S/C7H9Cl2NS2/c1-5(2-3-8)12-7-10-6(9)4-11-7/h4-5H,2-3H2,1H3. The molecule has 12 heavy (non-hydrogen) atoms. The fraction of sp³-hybridized carbons (Fsp3) is 0.571. The summed E-state index contributed by atoms with van der Waals surface area (Å²) in [4.78, 5) is 4.14. The van der Waals surface area contributed by atoms with Crippen LogP contribution in [0.25, 0.3) is 0 Å². The molecule has 0 aliphatic heterocycles. The lowest BCUT2D eigenvalue weighted by Gasteiger charge is -2.04. The maximum absolute atomic E-state index is 5.68. The van der Waals surface area contributed by atoms with Gasteiger partial charge in [0.1, 0.15) is 5.15 Å². The van der Waals surface area contributed by atoms with Crippen LogP contribution in [-0.2, 0) is 0 Å². The van der Waals surface area contributed by atoms with E-state index in [4.69, 9.17) is 23.2 Å². The molecule has 0 saturated carbocycles. The molecule has 1 rings (SSSR count). The van der Waals surface area contributed by atoms with Crippen LogP contribution >= 0.6 is 46.3 Å². The smallest absolute Gasteiger partial charge is 0.151 e. The first-order chi connectivity index (χ1) is 5.72. The first-order valence-electron chi connectivity index (χ1n) is 3.56. The maximum Gasteiger partial charge on any atom is 0.151 e. The Bertz CT molecular complexity index is 239. The van der Waals surface area contributed by atoms with Crippen molar-refractivity contribution in [3.05, 3.63) is 10.5 Å². The molecule has 0 aliphatic carbocycles. The molecule has 1 unspecified atom stereocenters. The molecular weight excluding hydrogens is 233 g/mol. The van der Waals surface area contributed by atoms with E-state index in [9.17, 15) is 0 Å². The van der Waals surface area contributed by atoms with Crippen LogP contribution in [0, 0.1) is 0 Å². The Kier molecular flexibility index (Phi) is 4.72. The van der Waals surface area contributed by atoms with Crippen LogP contribution < -0.4 is 0 Å². The van der Waals surface area contributed by atoms with Crippen molar-refractivity contribution in [2.75, 3.05) is 5.88 Å². The number of thioether (sulfide) groups is 1. The zero-order valence-electron chi connectivity index (χ0n) is 6.59. The highest BCUT2D eigenvalue weighted by molar-refractivity contribution is 8.01. The number of halogens is 2. The molecule has 0 fully saturated rings. The van der Waals surface area contributed by atoms with Crippen LogP contribution in [0.2, 0.25) is 5.15 Å². The molecule has 0 amide bonds. The van der Waals surface area contributed by atoms with Gasteiger partial charge in [-0.2, -0.15) is 0 Å². The van der Waals surface area contributed by atoms with E-state index in [-0.39, 0.29) is 0 Å². The van der Waals surface area contributed by atoms with Crippen molar-refractivity contribution in [3.63, 3.8) is 0 Å². The van der Waals surface area contributed by atoms with Gasteiger partial charge in [0.2, 0.25) is 0 Å². The van der Waals surface area contributed by atoms with Crippen molar-refractivity contribution in [2.45, 2.75) is 22.9 Å². The van der Waals surface area contributed by atoms with Gasteiger partial charge >= 0.3 is 0 Å². The highest BCUT2D eigenvalue weighted by Crippen LogP contribution is 2.29. The minimum absolute atomic E-state index is 0.518. The van der Waals surface area contributed by atoms with Crippen molar-refractivity contribution in [1.82, 2.24) is 4.98 Å². The molecule has 0 aliphatic rings. The molecule has 0 aromatic carbocycles. The molecule has 1 aromatic heterocycles. The summed E-state index contributed by atoms with van der Waals surface area (Å²) in [6.45, 7) is 2.14. The summed E-state index contributed by atoms with van der Waals surface area (Å²) < 4.78 is 1.03. The number of hydrogen-bond donors (Lipinski definition) is 0. The Labute approximate surface area is 90.5 Å². The normalized spacial score (nSPS) is 13.2. The maximum atomic E-state index is 5.68. The number of thiazole rings is 1. The molecule has 0 bridgehead atoms. The molecule has 1 aromatic rings. The zero-order valence-corrected chi connectivity index (χ0v) is 9.73. The lowest BCUT2D eigenvalue weighted by atomic mass is 10.4. The Morgan fingerprint density at radius 3 is 3.00 bits per heavy atom. The van der Waals surface area contributed by atoms with Gasteiger partial charge in [-0.25, -0.2) is 4.98 Å². The Balaban J connectivity index is 2.41. The van der Waals surface area contributed by atoms with Crippen LogP contribution in [0.15, 0.2) is 9.72 Å². The van der Waals surface area contributed by atoms with Crippen LogP contribution in [0.4, 0.5) is 0 Å². The molecule has 0 spiro atoms. The molecule has 0 N–H and O–H groups in total. The SMILES string of the molecule is CC(CCCl)Sc1nc(Cl)cs1. The Morgan fingerprint density at radius 2 is 2.50 bits per heavy atom. The fourth-order valence-corrected chi connectivity index (χ4v) is 3.44. The molecule has 1 atom stereocenters. The number of alkyl halides is 1. The third-order valence-electron chi connectivity index (χ3n) is 1.27. The number of nitrogens with zero attached hydrogens (tertiary/aromatic N) is 1. The number of rotatable bonds is 4. The summed E-state index contributed by atoms with van der Waals surface area (Å²) in [6.07, 6.45) is 1.00.